The van der Waals surface area contributed by atoms with E-state index in [0.717, 1.165) is 24.3 Å². The summed E-state index contributed by atoms with van der Waals surface area (Å²) in [5.41, 5.74) is 1.97. The van der Waals surface area contributed by atoms with Crippen molar-refractivity contribution in [2.75, 3.05) is 25.5 Å². The molecule has 3 rings (SSSR count). The summed E-state index contributed by atoms with van der Waals surface area (Å²) in [4.78, 5) is 49.9. The Balaban J connectivity index is 1.50. The van der Waals surface area contributed by atoms with Gasteiger partial charge in [0.05, 0.1) is 17.8 Å². The number of hydrogen-bond donors (Lipinski definition) is 4. The summed E-state index contributed by atoms with van der Waals surface area (Å²) in [7, 11) is 1.67. The van der Waals surface area contributed by atoms with Gasteiger partial charge in [-0.1, -0.05) is 43.0 Å². The SMILES string of the molecule is C[NH+](CC(=O)Nc1ccccc1Cl)CC(=O)NN1C(=O)NC2(CCCCC2)C1=O. The number of carbonyl (C=O) groups excluding carboxylic acids is 4. The third-order valence-corrected chi connectivity index (χ3v) is 5.51. The van der Waals surface area contributed by atoms with Crippen LogP contribution in [0.5, 0.6) is 0 Å². The lowest BCUT2D eigenvalue weighted by molar-refractivity contribution is -0.862. The molecule has 5 amide bonds. The normalized spacial score (nSPS) is 19.0. The quantitative estimate of drug-likeness (QED) is 0.486. The van der Waals surface area contributed by atoms with E-state index in [0.29, 0.717) is 28.5 Å². The molecule has 1 aliphatic carbocycles. The third-order valence-electron chi connectivity index (χ3n) is 5.18. The molecular formula is C19H25ClN5O4+. The van der Waals surface area contributed by atoms with Crippen LogP contribution >= 0.6 is 11.6 Å². The van der Waals surface area contributed by atoms with Crippen LogP contribution < -0.4 is 21.0 Å². The second-order valence-corrected chi connectivity index (χ2v) is 7.99. The number of rotatable bonds is 6. The molecule has 1 spiro atoms. The van der Waals surface area contributed by atoms with Crippen molar-refractivity contribution in [1.29, 1.82) is 0 Å². The summed E-state index contributed by atoms with van der Waals surface area (Å²) in [6.45, 7) is -0.0667. The Kier molecular flexibility index (Phi) is 6.39. The first kappa shape index (κ1) is 21.1. The summed E-state index contributed by atoms with van der Waals surface area (Å²) in [6.07, 6.45) is 3.92. The zero-order valence-corrected chi connectivity index (χ0v) is 17.0. The Hall–Kier alpha value is -2.65. The van der Waals surface area contributed by atoms with Crippen molar-refractivity contribution in [1.82, 2.24) is 15.8 Å². The average Bonchev–Trinajstić information content (AvgIpc) is 2.88. The molecule has 1 atom stereocenters. The molecule has 156 valence electrons. The van der Waals surface area contributed by atoms with E-state index in [4.69, 9.17) is 11.6 Å². The van der Waals surface area contributed by atoms with Crippen molar-refractivity contribution in [3.63, 3.8) is 0 Å². The van der Waals surface area contributed by atoms with Crippen LogP contribution in [0.15, 0.2) is 24.3 Å². The highest BCUT2D eigenvalue weighted by Crippen LogP contribution is 2.32. The lowest BCUT2D eigenvalue weighted by Gasteiger charge is -2.30. The molecule has 0 aromatic heterocycles. The molecule has 10 heteroatoms. The first-order valence-corrected chi connectivity index (χ1v) is 10.0. The maximum Gasteiger partial charge on any atom is 0.344 e. The number of anilines is 1. The van der Waals surface area contributed by atoms with E-state index in [1.807, 2.05) is 0 Å². The van der Waals surface area contributed by atoms with Crippen LogP contribution in [0.25, 0.3) is 0 Å². The Labute approximate surface area is 173 Å². The van der Waals surface area contributed by atoms with Crippen molar-refractivity contribution in [3.8, 4) is 0 Å². The smallest absolute Gasteiger partial charge is 0.322 e. The van der Waals surface area contributed by atoms with Gasteiger partial charge in [0.15, 0.2) is 13.1 Å². The molecule has 9 nitrogen and oxygen atoms in total. The summed E-state index contributed by atoms with van der Waals surface area (Å²) in [5, 5.41) is 6.61. The number of quaternary nitrogens is 1. The fourth-order valence-corrected chi connectivity index (χ4v) is 3.93. The van der Waals surface area contributed by atoms with Crippen LogP contribution in [0.4, 0.5) is 10.5 Å². The largest absolute Gasteiger partial charge is 0.344 e. The molecule has 1 aromatic carbocycles. The lowest BCUT2D eigenvalue weighted by Crippen LogP contribution is -3.11. The molecule has 0 bridgehead atoms. The molecule has 1 saturated heterocycles. The Morgan fingerprint density at radius 3 is 2.48 bits per heavy atom. The number of likely N-dealkylation sites (N-methyl/N-ethyl adjacent to an activating group) is 1. The first-order valence-electron chi connectivity index (χ1n) is 9.62. The zero-order chi connectivity index (χ0) is 21.0. The molecule has 1 unspecified atom stereocenters. The van der Waals surface area contributed by atoms with Gasteiger partial charge in [-0.2, -0.15) is 5.01 Å². The number of carbonyl (C=O) groups is 4. The van der Waals surface area contributed by atoms with Crippen molar-refractivity contribution in [3.05, 3.63) is 29.3 Å². The van der Waals surface area contributed by atoms with E-state index in [2.05, 4.69) is 16.1 Å². The molecule has 2 aliphatic rings. The predicted molar refractivity (Wildman–Crippen MR) is 106 cm³/mol. The second kappa shape index (κ2) is 8.79. The zero-order valence-electron chi connectivity index (χ0n) is 16.2. The van der Waals surface area contributed by atoms with Gasteiger partial charge < -0.3 is 15.5 Å². The van der Waals surface area contributed by atoms with Gasteiger partial charge in [-0.05, 0) is 25.0 Å². The standard InChI is InChI=1S/C19H24ClN5O4/c1-24(11-15(26)21-14-8-4-3-7-13(14)20)12-16(27)23-25-17(28)19(22-18(25)29)9-5-2-6-10-19/h3-4,7-8H,2,5-6,9-12H2,1H3,(H,21,26)(H,22,29)(H,23,27)/p+1. The number of urea groups is 1. The van der Waals surface area contributed by atoms with Gasteiger partial charge in [0.1, 0.15) is 5.54 Å². The highest BCUT2D eigenvalue weighted by Gasteiger charge is 2.52. The maximum atomic E-state index is 12.7. The van der Waals surface area contributed by atoms with E-state index in [1.54, 1.807) is 31.3 Å². The Morgan fingerprint density at radius 1 is 1.14 bits per heavy atom. The van der Waals surface area contributed by atoms with Crippen LogP contribution in [0.3, 0.4) is 0 Å². The molecule has 2 fully saturated rings. The van der Waals surface area contributed by atoms with Crippen LogP contribution in [0, 0.1) is 0 Å². The number of hydrogen-bond acceptors (Lipinski definition) is 4. The average molecular weight is 423 g/mol. The fourth-order valence-electron chi connectivity index (χ4n) is 3.75. The Morgan fingerprint density at radius 2 is 1.79 bits per heavy atom. The predicted octanol–water partition coefficient (Wildman–Crippen LogP) is 0.0791. The van der Waals surface area contributed by atoms with Gasteiger partial charge in [0.2, 0.25) is 0 Å². The van der Waals surface area contributed by atoms with Crippen LogP contribution in [-0.4, -0.2) is 54.4 Å². The minimum Gasteiger partial charge on any atom is -0.322 e. The number of hydrazine groups is 1. The highest BCUT2D eigenvalue weighted by atomic mass is 35.5. The van der Waals surface area contributed by atoms with Gasteiger partial charge in [-0.15, -0.1) is 0 Å². The monoisotopic (exact) mass is 422 g/mol. The molecular weight excluding hydrogens is 398 g/mol. The third kappa shape index (κ3) is 4.86. The molecule has 1 aliphatic heterocycles. The Bertz CT molecular complexity index is 825. The molecule has 1 heterocycles. The van der Waals surface area contributed by atoms with E-state index in [9.17, 15) is 19.2 Å². The summed E-state index contributed by atoms with van der Waals surface area (Å²) < 4.78 is 0. The number of imide groups is 1. The molecule has 1 saturated carbocycles. The number of para-hydroxylation sites is 1. The van der Waals surface area contributed by atoms with Gasteiger partial charge >= 0.3 is 6.03 Å². The number of halogens is 1. The van der Waals surface area contributed by atoms with Gasteiger partial charge in [0.25, 0.3) is 17.7 Å². The van der Waals surface area contributed by atoms with Gasteiger partial charge in [-0.3, -0.25) is 19.8 Å². The highest BCUT2D eigenvalue weighted by molar-refractivity contribution is 6.33. The lowest BCUT2D eigenvalue weighted by atomic mass is 9.82. The minimum atomic E-state index is -0.893. The number of benzene rings is 1. The minimum absolute atomic E-state index is 0.0166. The van der Waals surface area contributed by atoms with Gasteiger partial charge in [0, 0.05) is 0 Å². The number of amides is 5. The first-order chi connectivity index (χ1) is 13.8. The van der Waals surface area contributed by atoms with Gasteiger partial charge in [-0.25, -0.2) is 4.79 Å². The van der Waals surface area contributed by atoms with Crippen molar-refractivity contribution < 1.29 is 24.1 Å². The molecule has 4 N–H and O–H groups in total. The van der Waals surface area contributed by atoms with E-state index < -0.39 is 23.4 Å². The summed E-state index contributed by atoms with van der Waals surface area (Å²) >= 11 is 6.01. The molecule has 29 heavy (non-hydrogen) atoms. The summed E-state index contributed by atoms with van der Waals surface area (Å²) in [5.74, 6) is -1.24. The van der Waals surface area contributed by atoms with Crippen molar-refractivity contribution in [2.45, 2.75) is 37.6 Å². The van der Waals surface area contributed by atoms with Crippen LogP contribution in [0.1, 0.15) is 32.1 Å². The van der Waals surface area contributed by atoms with E-state index >= 15 is 0 Å². The number of nitrogens with one attached hydrogen (secondary N) is 4. The number of nitrogens with zero attached hydrogens (tertiary/aromatic N) is 1. The van der Waals surface area contributed by atoms with Crippen molar-refractivity contribution >= 4 is 41.0 Å². The van der Waals surface area contributed by atoms with E-state index in [1.165, 1.54) is 0 Å². The molecule has 1 aromatic rings. The fraction of sp³-hybridized carbons (Fsp3) is 0.474. The van der Waals surface area contributed by atoms with E-state index in [-0.39, 0.29) is 19.0 Å². The topological polar surface area (TPSA) is 112 Å². The van der Waals surface area contributed by atoms with Crippen LogP contribution in [0.2, 0.25) is 5.02 Å². The molecule has 0 radical (unpaired) electrons. The maximum absolute atomic E-state index is 12.7. The van der Waals surface area contributed by atoms with Crippen molar-refractivity contribution in [2.24, 2.45) is 0 Å². The van der Waals surface area contributed by atoms with Crippen LogP contribution in [-0.2, 0) is 14.4 Å². The second-order valence-electron chi connectivity index (χ2n) is 7.59. The summed E-state index contributed by atoms with van der Waals surface area (Å²) in [6, 6.07) is 6.24.